The van der Waals surface area contributed by atoms with Gasteiger partial charge in [0, 0.05) is 30.2 Å². The maximum Gasteiger partial charge on any atom is 0.258 e. The molecule has 2 N–H and O–H groups in total. The van der Waals surface area contributed by atoms with E-state index in [0.29, 0.717) is 17.7 Å². The molecule has 3 aromatic heterocycles. The van der Waals surface area contributed by atoms with Gasteiger partial charge in [-0.3, -0.25) is 9.59 Å². The van der Waals surface area contributed by atoms with Crippen LogP contribution >= 0.6 is 11.3 Å². The molecule has 1 aliphatic heterocycles. The molecule has 7 heteroatoms. The van der Waals surface area contributed by atoms with E-state index in [-0.39, 0.29) is 11.9 Å². The van der Waals surface area contributed by atoms with E-state index in [1.165, 1.54) is 11.3 Å². The Kier molecular flexibility index (Phi) is 4.46. The number of hydrogen-bond donors (Lipinski definition) is 1. The summed E-state index contributed by atoms with van der Waals surface area (Å²) < 4.78 is 1.97. The Balaban J connectivity index is 1.43. The number of nitrogens with two attached hydrogens (primary N) is 1. The van der Waals surface area contributed by atoms with Crippen molar-refractivity contribution < 1.29 is 9.59 Å². The van der Waals surface area contributed by atoms with Crippen LogP contribution in [0.5, 0.6) is 0 Å². The van der Waals surface area contributed by atoms with Crippen molar-refractivity contribution in [3.05, 3.63) is 58.2 Å². The number of fused-ring (bicyclic) bond motifs is 1. The van der Waals surface area contributed by atoms with Gasteiger partial charge in [-0.1, -0.05) is 6.07 Å². The van der Waals surface area contributed by atoms with Crippen LogP contribution in [-0.2, 0) is 11.2 Å². The number of carbonyl (C=O) groups excluding carboxylic acids is 2. The normalized spacial score (nSPS) is 17.1. The Hall–Kier alpha value is -2.67. The second-order valence-corrected chi connectivity index (χ2v) is 7.63. The molecule has 4 rings (SSSR count). The zero-order chi connectivity index (χ0) is 18.1. The van der Waals surface area contributed by atoms with Crippen molar-refractivity contribution in [1.29, 1.82) is 0 Å². The zero-order valence-corrected chi connectivity index (χ0v) is 15.1. The van der Waals surface area contributed by atoms with Gasteiger partial charge in [-0.2, -0.15) is 0 Å². The summed E-state index contributed by atoms with van der Waals surface area (Å²) >= 11 is 1.39. The molecule has 26 heavy (non-hydrogen) atoms. The molecule has 0 saturated carbocycles. The molecule has 4 heterocycles. The number of carbonyl (C=O) groups is 2. The van der Waals surface area contributed by atoms with Gasteiger partial charge in [0.05, 0.1) is 16.6 Å². The lowest BCUT2D eigenvalue weighted by atomic mass is 10.1. The molecule has 0 radical (unpaired) electrons. The number of aryl methyl sites for hydroxylation is 1. The fourth-order valence-electron chi connectivity index (χ4n) is 3.51. The first-order chi connectivity index (χ1) is 12.6. The number of likely N-dealkylation sites (tertiary alicyclic amines) is 1. The largest absolute Gasteiger partial charge is 0.365 e. The first kappa shape index (κ1) is 16.8. The molecule has 2 amide bonds. The molecule has 1 aliphatic rings. The van der Waals surface area contributed by atoms with E-state index in [0.717, 1.165) is 35.6 Å². The highest BCUT2D eigenvalue weighted by atomic mass is 32.1. The van der Waals surface area contributed by atoms with Gasteiger partial charge < -0.3 is 15.0 Å². The van der Waals surface area contributed by atoms with Crippen LogP contribution in [0.2, 0.25) is 0 Å². The van der Waals surface area contributed by atoms with Crippen molar-refractivity contribution in [2.24, 2.45) is 5.73 Å². The van der Waals surface area contributed by atoms with Gasteiger partial charge in [0.15, 0.2) is 0 Å². The molecule has 134 valence electrons. The van der Waals surface area contributed by atoms with E-state index in [9.17, 15) is 9.59 Å². The highest BCUT2D eigenvalue weighted by Gasteiger charge is 2.31. The molecule has 0 aliphatic carbocycles. The SMILES string of the molecule is NC(=O)c1ccc([C@H]2CCCN2C(=O)CCc2cn3ccccc3n2)s1. The van der Waals surface area contributed by atoms with E-state index in [4.69, 9.17) is 5.73 Å². The molecular weight excluding hydrogens is 348 g/mol. The maximum absolute atomic E-state index is 12.8. The van der Waals surface area contributed by atoms with Crippen molar-refractivity contribution in [2.75, 3.05) is 6.54 Å². The van der Waals surface area contributed by atoms with Gasteiger partial charge in [0.1, 0.15) is 5.65 Å². The van der Waals surface area contributed by atoms with Gasteiger partial charge in [-0.25, -0.2) is 4.98 Å². The number of pyridine rings is 1. The quantitative estimate of drug-likeness (QED) is 0.752. The van der Waals surface area contributed by atoms with E-state index in [1.807, 2.05) is 46.0 Å². The number of hydrogen-bond acceptors (Lipinski definition) is 4. The minimum Gasteiger partial charge on any atom is -0.365 e. The molecule has 0 aromatic carbocycles. The lowest BCUT2D eigenvalue weighted by Gasteiger charge is -2.23. The first-order valence-corrected chi connectivity index (χ1v) is 9.55. The summed E-state index contributed by atoms with van der Waals surface area (Å²) in [6.07, 6.45) is 6.91. The number of rotatable bonds is 5. The summed E-state index contributed by atoms with van der Waals surface area (Å²) in [7, 11) is 0. The fourth-order valence-corrected chi connectivity index (χ4v) is 4.52. The summed E-state index contributed by atoms with van der Waals surface area (Å²) in [6.45, 7) is 0.762. The lowest BCUT2D eigenvalue weighted by Crippen LogP contribution is -2.30. The standard InChI is InChI=1S/C19H20N4O2S/c20-19(25)16-8-7-15(26-16)14-4-3-11-23(14)18(24)9-6-13-12-22-10-2-1-5-17(22)21-13/h1-2,5,7-8,10,12,14H,3-4,6,9,11H2,(H2,20,25)/t14-/m1/s1. The van der Waals surface area contributed by atoms with Crippen LogP contribution in [0.1, 0.15) is 45.5 Å². The molecule has 0 spiro atoms. The number of imidazole rings is 1. The monoisotopic (exact) mass is 368 g/mol. The molecule has 1 fully saturated rings. The molecule has 1 saturated heterocycles. The number of amides is 2. The number of primary amides is 1. The number of thiophene rings is 1. The van der Waals surface area contributed by atoms with Crippen LogP contribution in [0.25, 0.3) is 5.65 Å². The smallest absolute Gasteiger partial charge is 0.258 e. The van der Waals surface area contributed by atoms with Crippen LogP contribution in [0.4, 0.5) is 0 Å². The van der Waals surface area contributed by atoms with Gasteiger partial charge in [-0.05, 0) is 43.5 Å². The van der Waals surface area contributed by atoms with Gasteiger partial charge in [0.25, 0.3) is 5.91 Å². The Labute approximate surface area is 155 Å². The van der Waals surface area contributed by atoms with Gasteiger partial charge >= 0.3 is 0 Å². The Morgan fingerprint density at radius 3 is 2.92 bits per heavy atom. The van der Waals surface area contributed by atoms with E-state index in [2.05, 4.69) is 4.98 Å². The summed E-state index contributed by atoms with van der Waals surface area (Å²) in [5.74, 6) is -0.275. The first-order valence-electron chi connectivity index (χ1n) is 8.73. The minimum atomic E-state index is -0.413. The molecule has 3 aromatic rings. The number of nitrogens with zero attached hydrogens (tertiary/aromatic N) is 3. The average molecular weight is 368 g/mol. The Bertz CT molecular complexity index is 928. The maximum atomic E-state index is 12.8. The lowest BCUT2D eigenvalue weighted by molar-refractivity contribution is -0.132. The van der Waals surface area contributed by atoms with Crippen LogP contribution in [0.3, 0.4) is 0 Å². The van der Waals surface area contributed by atoms with Crippen LogP contribution < -0.4 is 5.73 Å². The van der Waals surface area contributed by atoms with Crippen LogP contribution in [0.15, 0.2) is 42.7 Å². The third-order valence-electron chi connectivity index (χ3n) is 4.78. The molecule has 1 atom stereocenters. The van der Waals surface area contributed by atoms with Crippen molar-refractivity contribution in [3.8, 4) is 0 Å². The van der Waals surface area contributed by atoms with E-state index in [1.54, 1.807) is 6.07 Å². The van der Waals surface area contributed by atoms with Crippen molar-refractivity contribution in [3.63, 3.8) is 0 Å². The van der Waals surface area contributed by atoms with Crippen molar-refractivity contribution >= 4 is 28.8 Å². The van der Waals surface area contributed by atoms with Crippen molar-refractivity contribution in [2.45, 2.75) is 31.7 Å². The summed E-state index contributed by atoms with van der Waals surface area (Å²) in [6, 6.07) is 9.59. The highest BCUT2D eigenvalue weighted by molar-refractivity contribution is 7.14. The van der Waals surface area contributed by atoms with E-state index >= 15 is 0 Å². The molecule has 0 bridgehead atoms. The second-order valence-electron chi connectivity index (χ2n) is 6.51. The second kappa shape index (κ2) is 6.92. The predicted molar refractivity (Wildman–Crippen MR) is 100 cm³/mol. The summed E-state index contributed by atoms with van der Waals surface area (Å²) in [5.41, 5.74) is 7.16. The van der Waals surface area contributed by atoms with E-state index < -0.39 is 5.91 Å². The summed E-state index contributed by atoms with van der Waals surface area (Å²) in [4.78, 5) is 32.2. The number of aromatic nitrogens is 2. The third kappa shape index (κ3) is 3.22. The van der Waals surface area contributed by atoms with Crippen LogP contribution in [-0.4, -0.2) is 32.6 Å². The molecule has 0 unspecified atom stereocenters. The molecular formula is C19H20N4O2S. The van der Waals surface area contributed by atoms with Crippen molar-refractivity contribution in [1.82, 2.24) is 14.3 Å². The summed E-state index contributed by atoms with van der Waals surface area (Å²) in [5, 5.41) is 0. The molecule has 6 nitrogen and oxygen atoms in total. The third-order valence-corrected chi connectivity index (χ3v) is 5.98. The van der Waals surface area contributed by atoms with Gasteiger partial charge in [-0.15, -0.1) is 11.3 Å². The van der Waals surface area contributed by atoms with Gasteiger partial charge in [0.2, 0.25) is 5.91 Å². The Morgan fingerprint density at radius 2 is 2.15 bits per heavy atom. The predicted octanol–water partition coefficient (Wildman–Crippen LogP) is 2.79. The minimum absolute atomic E-state index is 0.0571. The Morgan fingerprint density at radius 1 is 1.27 bits per heavy atom. The topological polar surface area (TPSA) is 80.7 Å². The fraction of sp³-hybridized carbons (Fsp3) is 0.316. The van der Waals surface area contributed by atoms with Crippen LogP contribution in [0, 0.1) is 0 Å². The average Bonchev–Trinajstić information content (AvgIpc) is 3.37. The highest BCUT2D eigenvalue weighted by Crippen LogP contribution is 2.36. The zero-order valence-electron chi connectivity index (χ0n) is 14.3.